The Bertz CT molecular complexity index is 1270. The summed E-state index contributed by atoms with van der Waals surface area (Å²) in [6.45, 7) is 18.3. The monoisotopic (exact) mass is 804 g/mol. The lowest BCUT2D eigenvalue weighted by atomic mass is 9.75. The largest absolute Gasteiger partial charge is 0.459 e. The Hall–Kier alpha value is -1.05. The second-order valence-corrected chi connectivity index (χ2v) is 18.7. The highest BCUT2D eigenvalue weighted by molar-refractivity contribution is 5.73. The quantitative estimate of drug-likeness (QED) is 0.157. The van der Waals surface area contributed by atoms with E-state index in [0.29, 0.717) is 19.0 Å². The number of carbonyl (C=O) groups excluding carboxylic acids is 1. The number of aliphatic hydroxyl groups is 5. The van der Waals surface area contributed by atoms with Crippen LogP contribution in [0.25, 0.3) is 0 Å². The average molecular weight is 804 g/mol. The zero-order valence-corrected chi connectivity index (χ0v) is 36.4. The molecular weight excluding hydrogens is 726 g/mol. The number of hydrogen-bond donors (Lipinski definition) is 7. The number of carbonyl (C=O) groups is 1. The van der Waals surface area contributed by atoms with Crippen molar-refractivity contribution < 1.29 is 58.7 Å². The van der Waals surface area contributed by atoms with Gasteiger partial charge in [0.25, 0.3) is 0 Å². The van der Waals surface area contributed by atoms with E-state index in [1.54, 1.807) is 41.7 Å². The number of nitrogens with zero attached hydrogens (tertiary/aromatic N) is 1. The molecule has 0 spiro atoms. The van der Waals surface area contributed by atoms with Gasteiger partial charge in [-0.2, -0.15) is 0 Å². The van der Waals surface area contributed by atoms with Crippen molar-refractivity contribution in [1.82, 2.24) is 15.5 Å². The molecule has 4 rings (SSSR count). The van der Waals surface area contributed by atoms with Crippen LogP contribution in [0, 0.1) is 17.8 Å². The molecule has 3 aliphatic heterocycles. The van der Waals surface area contributed by atoms with Crippen molar-refractivity contribution in [1.29, 1.82) is 0 Å². The van der Waals surface area contributed by atoms with Crippen molar-refractivity contribution in [3.05, 3.63) is 0 Å². The van der Waals surface area contributed by atoms with Gasteiger partial charge < -0.3 is 69.5 Å². The average Bonchev–Trinajstić information content (AvgIpc) is 3.96. The van der Waals surface area contributed by atoms with Gasteiger partial charge in [0.2, 0.25) is 0 Å². The van der Waals surface area contributed by atoms with Crippen LogP contribution in [0.3, 0.4) is 0 Å². The predicted molar refractivity (Wildman–Crippen MR) is 210 cm³/mol. The van der Waals surface area contributed by atoms with Crippen LogP contribution in [0.5, 0.6) is 0 Å². The summed E-state index contributed by atoms with van der Waals surface area (Å²) in [7, 11) is 5.32. The summed E-state index contributed by atoms with van der Waals surface area (Å²) >= 11 is 0. The molecule has 3 heterocycles. The summed E-state index contributed by atoms with van der Waals surface area (Å²) in [5.74, 6) is -2.65. The van der Waals surface area contributed by atoms with Crippen LogP contribution < -0.4 is 10.6 Å². The summed E-state index contributed by atoms with van der Waals surface area (Å²) in [4.78, 5) is 16.3. The maximum atomic E-state index is 14.3. The minimum absolute atomic E-state index is 0.106. The molecule has 15 heteroatoms. The standard InChI is InChI=1S/C41H77N3O12/c1-14-30-40(10,49)34(46)26(6)42-20-22(2)18-38(8,48)35(56-37-32(45)29(44(11)12)17-23(3)52-37)24(4)33(25(5)36(47)54-30)55-31-19-39(9,51-13)41(50,27(7)53-31)21-43-28-15-16-28/h22-35,37,42-43,45-46,48-50H,14-21H2,1-13H3/t22-,23-,24+,25-,26-,27+,29+,30-,31+,32-,33+,34-,35-,37+,38-,39-,40-,41+/m1/s1. The minimum atomic E-state index is -1.81. The number of rotatable bonds is 10. The van der Waals surface area contributed by atoms with Crippen molar-refractivity contribution in [3.63, 3.8) is 0 Å². The van der Waals surface area contributed by atoms with Crippen molar-refractivity contribution in [3.8, 4) is 0 Å². The highest BCUT2D eigenvalue weighted by atomic mass is 16.7. The van der Waals surface area contributed by atoms with Gasteiger partial charge in [-0.25, -0.2) is 0 Å². The van der Waals surface area contributed by atoms with Crippen LogP contribution in [0.2, 0.25) is 0 Å². The first kappa shape index (κ1) is 47.6. The molecule has 0 radical (unpaired) electrons. The first-order valence-corrected chi connectivity index (χ1v) is 21.0. The third-order valence-electron chi connectivity index (χ3n) is 13.4. The second kappa shape index (κ2) is 18.7. The molecule has 4 fully saturated rings. The number of cyclic esters (lactones) is 1. The van der Waals surface area contributed by atoms with Gasteiger partial charge in [0, 0.05) is 44.1 Å². The first-order valence-electron chi connectivity index (χ1n) is 21.0. The van der Waals surface area contributed by atoms with Crippen LogP contribution in [0.1, 0.15) is 108 Å². The number of esters is 1. The fourth-order valence-electron chi connectivity index (χ4n) is 9.34. The Morgan fingerprint density at radius 1 is 0.964 bits per heavy atom. The first-order chi connectivity index (χ1) is 25.9. The number of aliphatic hydroxyl groups excluding tert-OH is 2. The van der Waals surface area contributed by atoms with Crippen LogP contribution >= 0.6 is 0 Å². The lowest BCUT2D eigenvalue weighted by molar-refractivity contribution is -0.336. The normalized spacial score (nSPS) is 49.2. The van der Waals surface area contributed by atoms with Gasteiger partial charge in [0.05, 0.1) is 35.9 Å². The van der Waals surface area contributed by atoms with Gasteiger partial charge in [-0.15, -0.1) is 0 Å². The SMILES string of the molecule is CC[C@H]1OC(=O)[C@H](C)[C@@H](O[C@H]2C[C@@](C)(OC)[C@](O)(CNC3CC3)[C@H](C)O2)[C@H](C)[C@@H](O[C@@H]2O[C@H](C)C[C@H](N(C)C)[C@H]2O)[C@](C)(O)C[C@@H](C)CN[C@H](C)[C@@H](O)[C@]1(C)O. The van der Waals surface area contributed by atoms with E-state index < -0.39 is 95.5 Å². The Kier molecular flexibility index (Phi) is 15.9. The van der Waals surface area contributed by atoms with Gasteiger partial charge >= 0.3 is 5.97 Å². The van der Waals surface area contributed by atoms with Crippen LogP contribution in [-0.4, -0.2) is 167 Å². The summed E-state index contributed by atoms with van der Waals surface area (Å²) in [6.07, 6.45) is -5.43. The predicted octanol–water partition coefficient (Wildman–Crippen LogP) is 1.68. The topological polar surface area (TPSA) is 201 Å². The van der Waals surface area contributed by atoms with Crippen LogP contribution in [0.4, 0.5) is 0 Å². The molecule has 328 valence electrons. The molecular formula is C41H77N3O12. The van der Waals surface area contributed by atoms with Crippen LogP contribution in [0.15, 0.2) is 0 Å². The highest BCUT2D eigenvalue weighted by Crippen LogP contribution is 2.43. The summed E-state index contributed by atoms with van der Waals surface area (Å²) in [5, 5.41) is 66.0. The van der Waals surface area contributed by atoms with Crippen molar-refractivity contribution in [2.45, 2.75) is 204 Å². The molecule has 1 aliphatic carbocycles. The van der Waals surface area contributed by atoms with Crippen molar-refractivity contribution in [2.24, 2.45) is 17.8 Å². The van der Waals surface area contributed by atoms with E-state index in [4.69, 9.17) is 28.4 Å². The number of nitrogens with one attached hydrogen (secondary N) is 2. The Balaban J connectivity index is 1.78. The molecule has 3 saturated heterocycles. The van der Waals surface area contributed by atoms with Gasteiger partial charge in [0.15, 0.2) is 12.6 Å². The molecule has 0 aromatic carbocycles. The van der Waals surface area contributed by atoms with Gasteiger partial charge in [-0.3, -0.25) is 4.79 Å². The fraction of sp³-hybridized carbons (Fsp3) is 0.976. The molecule has 0 bridgehead atoms. The van der Waals surface area contributed by atoms with E-state index in [9.17, 15) is 30.3 Å². The van der Waals surface area contributed by atoms with E-state index in [1.807, 2.05) is 46.7 Å². The van der Waals surface area contributed by atoms with E-state index in [0.717, 1.165) is 12.8 Å². The lowest BCUT2D eigenvalue weighted by Gasteiger charge is -2.53. The Morgan fingerprint density at radius 2 is 1.61 bits per heavy atom. The molecule has 0 aromatic rings. The molecule has 0 aromatic heterocycles. The van der Waals surface area contributed by atoms with Crippen LogP contribution in [-0.2, 0) is 33.2 Å². The second-order valence-electron chi connectivity index (χ2n) is 18.7. The molecule has 1 saturated carbocycles. The summed E-state index contributed by atoms with van der Waals surface area (Å²) in [6, 6.07) is -0.534. The van der Waals surface area contributed by atoms with Crippen molar-refractivity contribution >= 4 is 5.97 Å². The third-order valence-corrected chi connectivity index (χ3v) is 13.4. The molecule has 0 amide bonds. The van der Waals surface area contributed by atoms with Gasteiger partial charge in [-0.1, -0.05) is 20.8 Å². The summed E-state index contributed by atoms with van der Waals surface area (Å²) in [5.41, 5.74) is -5.91. The molecule has 56 heavy (non-hydrogen) atoms. The number of hydrogen-bond acceptors (Lipinski definition) is 15. The maximum absolute atomic E-state index is 14.3. The van der Waals surface area contributed by atoms with Gasteiger partial charge in [-0.05, 0) is 107 Å². The smallest absolute Gasteiger partial charge is 0.311 e. The molecule has 4 aliphatic rings. The molecule has 18 atom stereocenters. The van der Waals surface area contributed by atoms with Crippen molar-refractivity contribution in [2.75, 3.05) is 34.3 Å². The fourth-order valence-corrected chi connectivity index (χ4v) is 9.34. The zero-order valence-electron chi connectivity index (χ0n) is 36.4. The highest BCUT2D eigenvalue weighted by Gasteiger charge is 2.59. The van der Waals surface area contributed by atoms with E-state index >= 15 is 0 Å². The molecule has 0 unspecified atom stereocenters. The summed E-state index contributed by atoms with van der Waals surface area (Å²) < 4.78 is 38.4. The number of methoxy groups -OCH3 is 1. The molecule has 7 N–H and O–H groups in total. The third kappa shape index (κ3) is 10.4. The lowest BCUT2D eigenvalue weighted by Crippen LogP contribution is -2.70. The van der Waals surface area contributed by atoms with E-state index in [2.05, 4.69) is 10.6 Å². The minimum Gasteiger partial charge on any atom is -0.459 e. The van der Waals surface area contributed by atoms with E-state index in [1.165, 1.54) is 6.92 Å². The molecule has 15 nitrogen and oxygen atoms in total. The number of ether oxygens (including phenoxy) is 6. The maximum Gasteiger partial charge on any atom is 0.311 e. The Morgan fingerprint density at radius 3 is 2.18 bits per heavy atom. The Labute approximate surface area is 335 Å². The van der Waals surface area contributed by atoms with E-state index in [-0.39, 0.29) is 43.9 Å². The number of likely N-dealkylation sites (N-methyl/N-ethyl adjacent to an activating group) is 1. The van der Waals surface area contributed by atoms with Gasteiger partial charge in [0.1, 0.15) is 35.1 Å². The zero-order chi connectivity index (χ0) is 42.1.